The Kier molecular flexibility index (Phi) is 5.37. The molecule has 0 bridgehead atoms. The summed E-state index contributed by atoms with van der Waals surface area (Å²) in [7, 11) is 0. The zero-order valence-electron chi connectivity index (χ0n) is 14.2. The van der Waals surface area contributed by atoms with Gasteiger partial charge in [0.15, 0.2) is 0 Å². The van der Waals surface area contributed by atoms with Gasteiger partial charge in [0.25, 0.3) is 0 Å². The molecule has 0 aliphatic heterocycles. The summed E-state index contributed by atoms with van der Waals surface area (Å²) in [6, 6.07) is 9.63. The lowest BCUT2D eigenvalue weighted by Gasteiger charge is -2.08. The van der Waals surface area contributed by atoms with Crippen LogP contribution in [0.2, 0.25) is 0 Å². The van der Waals surface area contributed by atoms with Crippen LogP contribution in [0, 0.1) is 17.5 Å². The average Bonchev–Trinajstić information content (AvgIpc) is 2.98. The number of rotatable bonds is 4. The van der Waals surface area contributed by atoms with E-state index in [0.717, 1.165) is 5.56 Å². The zero-order valence-corrected chi connectivity index (χ0v) is 15.0. The molecule has 0 N–H and O–H groups in total. The van der Waals surface area contributed by atoms with Crippen LogP contribution in [-0.2, 0) is 0 Å². The van der Waals surface area contributed by atoms with Crippen LogP contribution in [0.25, 0.3) is 11.3 Å². The summed E-state index contributed by atoms with van der Waals surface area (Å²) in [6.07, 6.45) is 0. The molecule has 0 atom stereocenters. The lowest BCUT2D eigenvalue weighted by atomic mass is 10.1. The van der Waals surface area contributed by atoms with E-state index >= 15 is 0 Å². The van der Waals surface area contributed by atoms with Gasteiger partial charge in [-0.05, 0) is 50.2 Å². The molecular weight excluding hydrogens is 359 g/mol. The second kappa shape index (κ2) is 7.70. The Morgan fingerprint density at radius 3 is 2.31 bits per heavy atom. The highest BCUT2D eigenvalue weighted by atomic mass is 32.1. The van der Waals surface area contributed by atoms with Crippen molar-refractivity contribution in [2.24, 2.45) is 10.1 Å². The molecule has 0 saturated carbocycles. The van der Waals surface area contributed by atoms with E-state index < -0.39 is 11.6 Å². The Labute approximate surface area is 152 Å². The summed E-state index contributed by atoms with van der Waals surface area (Å²) in [5.41, 5.74) is 1.39. The van der Waals surface area contributed by atoms with Crippen molar-refractivity contribution < 1.29 is 13.2 Å². The lowest BCUT2D eigenvalue weighted by Crippen LogP contribution is -2.15. The van der Waals surface area contributed by atoms with Gasteiger partial charge in [0.05, 0.1) is 17.0 Å². The zero-order chi connectivity index (χ0) is 18.7. The Balaban J connectivity index is 2.18. The van der Waals surface area contributed by atoms with E-state index in [0.29, 0.717) is 17.0 Å². The van der Waals surface area contributed by atoms with Gasteiger partial charge < -0.3 is 0 Å². The van der Waals surface area contributed by atoms with Crippen molar-refractivity contribution in [2.45, 2.75) is 13.8 Å². The fraction of sp³-hybridized carbons (Fsp3) is 0.158. The highest BCUT2D eigenvalue weighted by Gasteiger charge is 2.14. The molecule has 1 aromatic heterocycles. The number of benzene rings is 2. The van der Waals surface area contributed by atoms with Gasteiger partial charge in [0.2, 0.25) is 4.80 Å². The van der Waals surface area contributed by atoms with E-state index in [-0.39, 0.29) is 17.1 Å². The Bertz CT molecular complexity index is 997. The minimum atomic E-state index is -0.681. The third kappa shape index (κ3) is 3.62. The predicted molar refractivity (Wildman–Crippen MR) is 97.8 cm³/mol. The normalized spacial score (nSPS) is 12.7. The maximum atomic E-state index is 14.1. The first-order chi connectivity index (χ1) is 12.5. The van der Waals surface area contributed by atoms with Crippen LogP contribution >= 0.6 is 11.3 Å². The van der Waals surface area contributed by atoms with Crippen molar-refractivity contribution in [3.63, 3.8) is 0 Å². The van der Waals surface area contributed by atoms with Crippen LogP contribution in [0.3, 0.4) is 0 Å². The Morgan fingerprint density at radius 1 is 1.04 bits per heavy atom. The first kappa shape index (κ1) is 18.1. The summed E-state index contributed by atoms with van der Waals surface area (Å²) in [5, 5.41) is 6.23. The molecule has 7 heteroatoms. The maximum absolute atomic E-state index is 14.1. The highest BCUT2D eigenvalue weighted by molar-refractivity contribution is 7.07. The molecule has 0 spiro atoms. The van der Waals surface area contributed by atoms with Crippen LogP contribution in [0.5, 0.6) is 0 Å². The number of hydrogen-bond donors (Lipinski definition) is 0. The summed E-state index contributed by atoms with van der Waals surface area (Å²) >= 11 is 1.35. The Morgan fingerprint density at radius 2 is 1.69 bits per heavy atom. The van der Waals surface area contributed by atoms with Gasteiger partial charge in [-0.3, -0.25) is 4.99 Å². The molecule has 0 aliphatic carbocycles. The van der Waals surface area contributed by atoms with Crippen LogP contribution in [0.4, 0.5) is 13.2 Å². The standard InChI is InChI=1S/C19H16F3N3S/c1-3-23-19-25(17(11-26-19)13-7-9-14(20)10-8-13)24-12(2)18-15(21)5-4-6-16(18)22/h4-11H,3H2,1-2H3. The number of nitrogens with zero attached hydrogens (tertiary/aromatic N) is 3. The molecule has 0 aliphatic rings. The van der Waals surface area contributed by atoms with Crippen LogP contribution < -0.4 is 4.80 Å². The Hall–Kier alpha value is -2.67. The van der Waals surface area contributed by atoms with E-state index in [2.05, 4.69) is 10.1 Å². The SMILES string of the molecule is CCN=c1scc(-c2ccc(F)cc2)n1N=C(C)c1c(F)cccc1F. The quantitative estimate of drug-likeness (QED) is 0.585. The molecule has 0 amide bonds. The summed E-state index contributed by atoms with van der Waals surface area (Å²) in [6.45, 7) is 3.96. The van der Waals surface area contributed by atoms with E-state index in [1.54, 1.807) is 12.1 Å². The molecule has 3 aromatic rings. The minimum absolute atomic E-state index is 0.180. The third-order valence-electron chi connectivity index (χ3n) is 3.69. The summed E-state index contributed by atoms with van der Waals surface area (Å²) in [4.78, 5) is 4.96. The number of aromatic nitrogens is 1. The van der Waals surface area contributed by atoms with Crippen molar-refractivity contribution in [1.29, 1.82) is 0 Å². The van der Waals surface area contributed by atoms with E-state index in [1.165, 1.54) is 53.3 Å². The van der Waals surface area contributed by atoms with Gasteiger partial charge in [-0.2, -0.15) is 5.10 Å². The van der Waals surface area contributed by atoms with E-state index in [1.807, 2.05) is 12.3 Å². The monoisotopic (exact) mass is 375 g/mol. The molecule has 2 aromatic carbocycles. The van der Waals surface area contributed by atoms with Crippen molar-refractivity contribution in [3.05, 3.63) is 75.7 Å². The summed E-state index contributed by atoms with van der Waals surface area (Å²) < 4.78 is 42.9. The van der Waals surface area contributed by atoms with Crippen molar-refractivity contribution in [3.8, 4) is 11.3 Å². The van der Waals surface area contributed by atoms with Crippen LogP contribution in [0.15, 0.2) is 57.9 Å². The van der Waals surface area contributed by atoms with Gasteiger partial charge in [-0.25, -0.2) is 17.8 Å². The molecule has 0 unspecified atom stereocenters. The van der Waals surface area contributed by atoms with Gasteiger partial charge >= 0.3 is 0 Å². The molecule has 0 fully saturated rings. The highest BCUT2D eigenvalue weighted by Crippen LogP contribution is 2.21. The second-order valence-corrected chi connectivity index (χ2v) is 6.32. The van der Waals surface area contributed by atoms with Gasteiger partial charge in [-0.1, -0.05) is 6.07 Å². The van der Waals surface area contributed by atoms with Gasteiger partial charge in [0.1, 0.15) is 17.5 Å². The van der Waals surface area contributed by atoms with Gasteiger partial charge in [-0.15, -0.1) is 11.3 Å². The molecule has 0 radical (unpaired) electrons. The fourth-order valence-electron chi connectivity index (χ4n) is 2.50. The maximum Gasteiger partial charge on any atom is 0.206 e. The largest absolute Gasteiger partial charge is 0.258 e. The lowest BCUT2D eigenvalue weighted by molar-refractivity contribution is 0.578. The molecular formula is C19H16F3N3S. The van der Waals surface area contributed by atoms with Crippen LogP contribution in [0.1, 0.15) is 19.4 Å². The van der Waals surface area contributed by atoms with Crippen molar-refractivity contribution in [2.75, 3.05) is 6.54 Å². The third-order valence-corrected chi connectivity index (χ3v) is 4.55. The smallest absolute Gasteiger partial charge is 0.206 e. The topological polar surface area (TPSA) is 29.6 Å². The summed E-state index contributed by atoms with van der Waals surface area (Å²) in [5.74, 6) is -1.71. The first-order valence-corrected chi connectivity index (χ1v) is 8.86. The average molecular weight is 375 g/mol. The first-order valence-electron chi connectivity index (χ1n) is 7.98. The van der Waals surface area contributed by atoms with E-state index in [9.17, 15) is 13.2 Å². The van der Waals surface area contributed by atoms with Crippen LogP contribution in [-0.4, -0.2) is 16.9 Å². The number of halogens is 3. The molecule has 3 nitrogen and oxygen atoms in total. The predicted octanol–water partition coefficient (Wildman–Crippen LogP) is 4.83. The minimum Gasteiger partial charge on any atom is -0.258 e. The van der Waals surface area contributed by atoms with E-state index in [4.69, 9.17) is 0 Å². The second-order valence-electron chi connectivity index (χ2n) is 5.48. The molecule has 3 rings (SSSR count). The molecule has 0 saturated heterocycles. The fourth-order valence-corrected chi connectivity index (χ4v) is 3.40. The number of thiazole rings is 1. The van der Waals surface area contributed by atoms with Crippen molar-refractivity contribution >= 4 is 17.0 Å². The van der Waals surface area contributed by atoms with Gasteiger partial charge in [0, 0.05) is 17.5 Å². The molecule has 134 valence electrons. The van der Waals surface area contributed by atoms with Crippen molar-refractivity contribution in [1.82, 2.24) is 4.68 Å². The number of hydrogen-bond acceptors (Lipinski definition) is 3. The molecule has 26 heavy (non-hydrogen) atoms. The molecule has 1 heterocycles.